The number of anilines is 1. The number of ether oxygens (including phenoxy) is 1. The Morgan fingerprint density at radius 2 is 2.04 bits per heavy atom. The minimum atomic E-state index is 0.295. The maximum Gasteiger partial charge on any atom is 0.222 e. The van der Waals surface area contributed by atoms with Gasteiger partial charge in [0.2, 0.25) is 5.95 Å². The maximum atomic E-state index is 5.59. The summed E-state index contributed by atoms with van der Waals surface area (Å²) in [5.41, 5.74) is 2.32. The molecule has 0 saturated carbocycles. The minimum absolute atomic E-state index is 0.295. The second-order valence-electron chi connectivity index (χ2n) is 6.31. The van der Waals surface area contributed by atoms with Gasteiger partial charge in [0, 0.05) is 62.5 Å². The first-order valence-electron chi connectivity index (χ1n) is 8.59. The normalized spacial score (nSPS) is 17.5. The standard InChI is InChI=1S/C17H26N6O/c1-3-23-13-15(9-21-23)12-22(2)11-14-7-18-17(19-8-14)20-10-16-5-4-6-24-16/h7-9,13,16H,3-6,10-12H2,1-2H3,(H,18,19,20). The van der Waals surface area contributed by atoms with Crippen molar-refractivity contribution in [1.29, 1.82) is 0 Å². The van der Waals surface area contributed by atoms with Gasteiger partial charge in [-0.1, -0.05) is 0 Å². The lowest BCUT2D eigenvalue weighted by molar-refractivity contribution is 0.120. The second-order valence-corrected chi connectivity index (χ2v) is 6.31. The third kappa shape index (κ3) is 4.75. The van der Waals surface area contributed by atoms with E-state index < -0.39 is 0 Å². The Bertz CT molecular complexity index is 620. The van der Waals surface area contributed by atoms with E-state index in [0.717, 1.165) is 51.2 Å². The first-order valence-corrected chi connectivity index (χ1v) is 8.59. The van der Waals surface area contributed by atoms with E-state index in [0.29, 0.717) is 12.1 Å². The van der Waals surface area contributed by atoms with Crippen LogP contribution in [0.25, 0.3) is 0 Å². The van der Waals surface area contributed by atoms with Crippen molar-refractivity contribution >= 4 is 5.95 Å². The van der Waals surface area contributed by atoms with E-state index in [1.54, 1.807) is 0 Å². The van der Waals surface area contributed by atoms with Gasteiger partial charge in [-0.2, -0.15) is 5.10 Å². The molecule has 1 aliphatic heterocycles. The number of nitrogens with zero attached hydrogens (tertiary/aromatic N) is 5. The van der Waals surface area contributed by atoms with Crippen LogP contribution in [0.1, 0.15) is 30.9 Å². The van der Waals surface area contributed by atoms with Crippen molar-refractivity contribution < 1.29 is 4.74 Å². The van der Waals surface area contributed by atoms with E-state index in [1.807, 2.05) is 23.3 Å². The van der Waals surface area contributed by atoms with Gasteiger partial charge < -0.3 is 10.1 Å². The summed E-state index contributed by atoms with van der Waals surface area (Å²) in [6, 6.07) is 0. The molecule has 130 valence electrons. The number of hydrogen-bond acceptors (Lipinski definition) is 6. The number of aryl methyl sites for hydroxylation is 1. The molecule has 24 heavy (non-hydrogen) atoms. The fraction of sp³-hybridized carbons (Fsp3) is 0.588. The van der Waals surface area contributed by atoms with Crippen LogP contribution in [0, 0.1) is 0 Å². The average molecular weight is 330 g/mol. The first-order chi connectivity index (χ1) is 11.7. The number of nitrogens with one attached hydrogen (secondary N) is 1. The summed E-state index contributed by atoms with van der Waals surface area (Å²) >= 11 is 0. The first kappa shape index (κ1) is 16.9. The van der Waals surface area contributed by atoms with Crippen LogP contribution >= 0.6 is 0 Å². The highest BCUT2D eigenvalue weighted by atomic mass is 16.5. The minimum Gasteiger partial charge on any atom is -0.376 e. The van der Waals surface area contributed by atoms with Gasteiger partial charge in [-0.3, -0.25) is 9.58 Å². The molecule has 1 saturated heterocycles. The molecule has 2 aromatic heterocycles. The topological polar surface area (TPSA) is 68.1 Å². The molecule has 3 rings (SSSR count). The van der Waals surface area contributed by atoms with Gasteiger partial charge >= 0.3 is 0 Å². The number of aromatic nitrogens is 4. The molecule has 1 unspecified atom stereocenters. The molecule has 0 spiro atoms. The highest BCUT2D eigenvalue weighted by Gasteiger charge is 2.15. The van der Waals surface area contributed by atoms with Crippen LogP contribution in [0.4, 0.5) is 5.95 Å². The molecule has 0 bridgehead atoms. The molecule has 0 amide bonds. The van der Waals surface area contributed by atoms with Gasteiger partial charge in [0.05, 0.1) is 12.3 Å². The fourth-order valence-electron chi connectivity index (χ4n) is 2.88. The lowest BCUT2D eigenvalue weighted by Gasteiger charge is -2.15. The van der Waals surface area contributed by atoms with Crippen LogP contribution in [0.3, 0.4) is 0 Å². The molecule has 7 nitrogen and oxygen atoms in total. The fourth-order valence-corrected chi connectivity index (χ4v) is 2.88. The van der Waals surface area contributed by atoms with E-state index in [9.17, 15) is 0 Å². The molecule has 1 atom stereocenters. The van der Waals surface area contributed by atoms with Crippen molar-refractivity contribution in [3.05, 3.63) is 35.9 Å². The summed E-state index contributed by atoms with van der Waals surface area (Å²) < 4.78 is 7.53. The van der Waals surface area contributed by atoms with Crippen LogP contribution in [0.5, 0.6) is 0 Å². The summed E-state index contributed by atoms with van der Waals surface area (Å²) in [7, 11) is 2.09. The molecule has 2 aromatic rings. The van der Waals surface area contributed by atoms with E-state index in [2.05, 4.69) is 45.5 Å². The van der Waals surface area contributed by atoms with Gasteiger partial charge in [0.15, 0.2) is 0 Å². The molecule has 0 aromatic carbocycles. The Balaban J connectivity index is 1.46. The van der Waals surface area contributed by atoms with Crippen LogP contribution in [0.15, 0.2) is 24.8 Å². The zero-order chi connectivity index (χ0) is 16.8. The van der Waals surface area contributed by atoms with Crippen molar-refractivity contribution in [3.8, 4) is 0 Å². The van der Waals surface area contributed by atoms with Gasteiger partial charge in [-0.25, -0.2) is 9.97 Å². The van der Waals surface area contributed by atoms with E-state index in [-0.39, 0.29) is 0 Å². The van der Waals surface area contributed by atoms with Crippen molar-refractivity contribution in [3.63, 3.8) is 0 Å². The molecule has 1 fully saturated rings. The Morgan fingerprint density at radius 1 is 1.25 bits per heavy atom. The van der Waals surface area contributed by atoms with Gasteiger partial charge in [-0.05, 0) is 26.8 Å². The number of rotatable bonds is 8. The monoisotopic (exact) mass is 330 g/mol. The largest absolute Gasteiger partial charge is 0.376 e. The molecular formula is C17H26N6O. The summed E-state index contributed by atoms with van der Waals surface area (Å²) in [5, 5.41) is 7.55. The summed E-state index contributed by atoms with van der Waals surface area (Å²) in [6.07, 6.45) is 10.3. The maximum absolute atomic E-state index is 5.59. The zero-order valence-electron chi connectivity index (χ0n) is 14.5. The predicted octanol–water partition coefficient (Wildman–Crippen LogP) is 1.92. The Hall–Kier alpha value is -1.99. The number of hydrogen-bond donors (Lipinski definition) is 1. The smallest absolute Gasteiger partial charge is 0.222 e. The van der Waals surface area contributed by atoms with Crippen molar-refractivity contribution in [2.75, 3.05) is 25.5 Å². The van der Waals surface area contributed by atoms with Crippen LogP contribution in [-0.2, 0) is 24.4 Å². The Kier molecular flexibility index (Phi) is 5.77. The Labute approximate surface area is 143 Å². The third-order valence-electron chi connectivity index (χ3n) is 4.13. The van der Waals surface area contributed by atoms with Crippen LogP contribution in [-0.4, -0.2) is 51.0 Å². The summed E-state index contributed by atoms with van der Waals surface area (Å²) in [5.74, 6) is 0.668. The van der Waals surface area contributed by atoms with Crippen LogP contribution in [0.2, 0.25) is 0 Å². The molecule has 7 heteroatoms. The highest BCUT2D eigenvalue weighted by molar-refractivity contribution is 5.25. The van der Waals surface area contributed by atoms with Crippen LogP contribution < -0.4 is 5.32 Å². The highest BCUT2D eigenvalue weighted by Crippen LogP contribution is 2.12. The molecule has 0 aliphatic carbocycles. The lowest BCUT2D eigenvalue weighted by atomic mass is 10.2. The Morgan fingerprint density at radius 3 is 2.71 bits per heavy atom. The van der Waals surface area contributed by atoms with E-state index in [1.165, 1.54) is 5.56 Å². The van der Waals surface area contributed by atoms with Crippen molar-refractivity contribution in [1.82, 2.24) is 24.6 Å². The van der Waals surface area contributed by atoms with Gasteiger partial charge in [0.1, 0.15) is 0 Å². The predicted molar refractivity (Wildman–Crippen MR) is 92.6 cm³/mol. The lowest BCUT2D eigenvalue weighted by Crippen LogP contribution is -2.20. The molecule has 0 radical (unpaired) electrons. The third-order valence-corrected chi connectivity index (χ3v) is 4.13. The van der Waals surface area contributed by atoms with E-state index >= 15 is 0 Å². The summed E-state index contributed by atoms with van der Waals surface area (Å²) in [6.45, 7) is 6.31. The van der Waals surface area contributed by atoms with E-state index in [4.69, 9.17) is 4.74 Å². The second kappa shape index (κ2) is 8.21. The average Bonchev–Trinajstić information content (AvgIpc) is 3.25. The van der Waals surface area contributed by atoms with Gasteiger partial charge in [-0.15, -0.1) is 0 Å². The molecule has 3 heterocycles. The SMILES string of the molecule is CCn1cc(CN(C)Cc2cnc(NCC3CCCO3)nc2)cn1. The molecular weight excluding hydrogens is 304 g/mol. The quantitative estimate of drug-likeness (QED) is 0.797. The van der Waals surface area contributed by atoms with Gasteiger partial charge in [0.25, 0.3) is 0 Å². The summed E-state index contributed by atoms with van der Waals surface area (Å²) in [4.78, 5) is 11.0. The van der Waals surface area contributed by atoms with Crippen molar-refractivity contribution in [2.24, 2.45) is 0 Å². The zero-order valence-corrected chi connectivity index (χ0v) is 14.5. The molecule has 1 N–H and O–H groups in total. The molecule has 1 aliphatic rings. The van der Waals surface area contributed by atoms with Crippen molar-refractivity contribution in [2.45, 2.75) is 45.5 Å².